The van der Waals surface area contributed by atoms with Gasteiger partial charge in [0.15, 0.2) is 6.61 Å². The van der Waals surface area contributed by atoms with Crippen LogP contribution in [0.15, 0.2) is 78.9 Å². The number of amides is 3. The van der Waals surface area contributed by atoms with Crippen LogP contribution in [0.25, 0.3) is 0 Å². The molecule has 3 amide bonds. The molecule has 3 aromatic carbocycles. The predicted octanol–water partition coefficient (Wildman–Crippen LogP) is 4.46. The lowest BCUT2D eigenvalue weighted by atomic mass is 9.90. The van der Waals surface area contributed by atoms with Crippen LogP contribution in [0.4, 0.5) is 11.4 Å². The SMILES string of the molecule is CCN(CCO)C(=O)CC1CCCN(C(=O)c2ccc(NC(=O)COc3ccccc3)cc2)c2ccccc21. The van der Waals surface area contributed by atoms with E-state index in [4.69, 9.17) is 4.74 Å². The first-order valence-corrected chi connectivity index (χ1v) is 13.4. The van der Waals surface area contributed by atoms with Gasteiger partial charge in [0.25, 0.3) is 11.8 Å². The third-order valence-corrected chi connectivity index (χ3v) is 6.90. The maximum atomic E-state index is 13.6. The Kier molecular flexibility index (Phi) is 9.69. The van der Waals surface area contributed by atoms with Crippen molar-refractivity contribution in [1.29, 1.82) is 0 Å². The molecule has 1 aliphatic heterocycles. The van der Waals surface area contributed by atoms with Gasteiger partial charge in [-0.1, -0.05) is 36.4 Å². The number of carbonyl (C=O) groups is 3. The van der Waals surface area contributed by atoms with E-state index in [9.17, 15) is 19.5 Å². The summed E-state index contributed by atoms with van der Waals surface area (Å²) in [5, 5.41) is 12.1. The Morgan fingerprint density at radius 2 is 1.72 bits per heavy atom. The van der Waals surface area contributed by atoms with Crippen LogP contribution in [-0.4, -0.2) is 60.6 Å². The van der Waals surface area contributed by atoms with Gasteiger partial charge in [-0.3, -0.25) is 14.4 Å². The molecule has 204 valence electrons. The Hall–Kier alpha value is -4.17. The minimum absolute atomic E-state index is 0.00469. The standard InChI is InChI=1S/C31H35N3O5/c1-2-33(19-20-35)30(37)21-24-9-8-18-34(28-13-7-6-12-27(24)28)31(38)23-14-16-25(17-15-23)32-29(36)22-39-26-10-4-3-5-11-26/h3-7,10-17,24,35H,2,8-9,18-22H2,1H3,(H,32,36). The molecule has 1 heterocycles. The van der Waals surface area contributed by atoms with Crippen molar-refractivity contribution in [3.05, 3.63) is 90.0 Å². The Morgan fingerprint density at radius 1 is 1.00 bits per heavy atom. The lowest BCUT2D eigenvalue weighted by Gasteiger charge is -2.25. The van der Waals surface area contributed by atoms with Gasteiger partial charge < -0.3 is 25.0 Å². The van der Waals surface area contributed by atoms with Gasteiger partial charge in [-0.2, -0.15) is 0 Å². The van der Waals surface area contributed by atoms with Gasteiger partial charge in [0.2, 0.25) is 5.91 Å². The second-order valence-corrected chi connectivity index (χ2v) is 9.48. The molecule has 8 nitrogen and oxygen atoms in total. The zero-order valence-electron chi connectivity index (χ0n) is 22.2. The maximum absolute atomic E-state index is 13.6. The van der Waals surface area contributed by atoms with Crippen molar-refractivity contribution < 1.29 is 24.2 Å². The van der Waals surface area contributed by atoms with Gasteiger partial charge in [-0.25, -0.2) is 0 Å². The molecule has 1 aliphatic rings. The summed E-state index contributed by atoms with van der Waals surface area (Å²) in [6.45, 7) is 3.15. The second-order valence-electron chi connectivity index (χ2n) is 9.48. The van der Waals surface area contributed by atoms with E-state index in [0.29, 0.717) is 43.1 Å². The van der Waals surface area contributed by atoms with Crippen LogP contribution >= 0.6 is 0 Å². The fourth-order valence-electron chi connectivity index (χ4n) is 4.91. The largest absolute Gasteiger partial charge is 0.484 e. The molecule has 0 aliphatic carbocycles. The molecular formula is C31H35N3O5. The monoisotopic (exact) mass is 529 g/mol. The third-order valence-electron chi connectivity index (χ3n) is 6.90. The highest BCUT2D eigenvalue weighted by Gasteiger charge is 2.29. The molecule has 0 saturated heterocycles. The number of nitrogens with zero attached hydrogens (tertiary/aromatic N) is 2. The highest BCUT2D eigenvalue weighted by molar-refractivity contribution is 6.07. The number of hydrogen-bond acceptors (Lipinski definition) is 5. The van der Waals surface area contributed by atoms with Crippen molar-refractivity contribution in [2.75, 3.05) is 43.1 Å². The Labute approximate surface area is 229 Å². The molecule has 0 saturated carbocycles. The van der Waals surface area contributed by atoms with Crippen LogP contribution in [0.5, 0.6) is 5.75 Å². The predicted molar refractivity (Wildman–Crippen MR) is 151 cm³/mol. The highest BCUT2D eigenvalue weighted by Crippen LogP contribution is 2.37. The lowest BCUT2D eigenvalue weighted by molar-refractivity contribution is -0.132. The molecule has 39 heavy (non-hydrogen) atoms. The van der Waals surface area contributed by atoms with E-state index in [1.165, 1.54) is 0 Å². The molecule has 1 atom stereocenters. The fourth-order valence-corrected chi connectivity index (χ4v) is 4.91. The minimum Gasteiger partial charge on any atom is -0.484 e. The van der Waals surface area contributed by atoms with E-state index < -0.39 is 0 Å². The Bertz CT molecular complexity index is 1260. The average Bonchev–Trinajstić information content (AvgIpc) is 3.15. The maximum Gasteiger partial charge on any atom is 0.262 e. The van der Waals surface area contributed by atoms with E-state index in [1.54, 1.807) is 46.2 Å². The van der Waals surface area contributed by atoms with Crippen molar-refractivity contribution >= 4 is 29.1 Å². The number of nitrogens with one attached hydrogen (secondary N) is 1. The average molecular weight is 530 g/mol. The topological polar surface area (TPSA) is 99.2 Å². The lowest BCUT2D eigenvalue weighted by Crippen LogP contribution is -2.34. The number of rotatable bonds is 10. The number of anilines is 2. The summed E-state index contributed by atoms with van der Waals surface area (Å²) in [5.74, 6) is 0.203. The first-order valence-electron chi connectivity index (χ1n) is 13.4. The molecule has 3 aromatic rings. The number of likely N-dealkylation sites (N-methyl/N-ethyl adjacent to an activating group) is 1. The fraction of sp³-hybridized carbons (Fsp3) is 0.323. The van der Waals surface area contributed by atoms with Crippen LogP contribution < -0.4 is 15.0 Å². The molecule has 2 N–H and O–H groups in total. The van der Waals surface area contributed by atoms with E-state index in [2.05, 4.69) is 5.32 Å². The molecule has 0 aromatic heterocycles. The smallest absolute Gasteiger partial charge is 0.262 e. The van der Waals surface area contributed by atoms with Crippen LogP contribution in [0.1, 0.15) is 48.0 Å². The summed E-state index contributed by atoms with van der Waals surface area (Å²) in [5.41, 5.74) is 2.89. The molecule has 0 bridgehead atoms. The second kappa shape index (κ2) is 13.6. The first kappa shape index (κ1) is 27.9. The molecule has 1 unspecified atom stereocenters. The summed E-state index contributed by atoms with van der Waals surface area (Å²) in [6.07, 6.45) is 1.90. The van der Waals surface area contributed by atoms with Gasteiger partial charge in [-0.15, -0.1) is 0 Å². The normalized spacial score (nSPS) is 14.6. The van der Waals surface area contributed by atoms with Crippen LogP contribution in [0.2, 0.25) is 0 Å². The Balaban J connectivity index is 1.43. The summed E-state index contributed by atoms with van der Waals surface area (Å²) >= 11 is 0. The molecule has 8 heteroatoms. The minimum atomic E-state index is -0.291. The van der Waals surface area contributed by atoms with Crippen molar-refractivity contribution in [2.45, 2.75) is 32.1 Å². The third kappa shape index (κ3) is 7.23. The molecule has 0 spiro atoms. The van der Waals surface area contributed by atoms with E-state index in [1.807, 2.05) is 49.4 Å². The van der Waals surface area contributed by atoms with Gasteiger partial charge in [-0.05, 0) is 73.7 Å². The quantitative estimate of drug-likeness (QED) is 0.404. The molecular weight excluding hydrogens is 494 g/mol. The number of benzene rings is 3. The summed E-state index contributed by atoms with van der Waals surface area (Å²) < 4.78 is 5.48. The molecule has 0 fully saturated rings. The highest BCUT2D eigenvalue weighted by atomic mass is 16.5. The first-order chi connectivity index (χ1) is 19.0. The zero-order valence-corrected chi connectivity index (χ0v) is 22.2. The molecule has 4 rings (SSSR count). The van der Waals surface area contributed by atoms with Gasteiger partial charge in [0.1, 0.15) is 5.75 Å². The van der Waals surface area contributed by atoms with Crippen molar-refractivity contribution in [1.82, 2.24) is 4.90 Å². The number of aliphatic hydroxyl groups is 1. The number of carbonyl (C=O) groups excluding carboxylic acids is 3. The van der Waals surface area contributed by atoms with Crippen molar-refractivity contribution in [3.8, 4) is 5.75 Å². The van der Waals surface area contributed by atoms with Crippen LogP contribution in [0.3, 0.4) is 0 Å². The number of fused-ring (bicyclic) bond motifs is 1. The van der Waals surface area contributed by atoms with Gasteiger partial charge in [0.05, 0.1) is 6.61 Å². The molecule has 0 radical (unpaired) electrons. The number of aliphatic hydroxyl groups excluding tert-OH is 1. The number of ether oxygens (including phenoxy) is 1. The van der Waals surface area contributed by atoms with Crippen molar-refractivity contribution in [2.24, 2.45) is 0 Å². The summed E-state index contributed by atoms with van der Waals surface area (Å²) in [6, 6.07) is 23.7. The van der Waals surface area contributed by atoms with Crippen molar-refractivity contribution in [3.63, 3.8) is 0 Å². The van der Waals surface area contributed by atoms with Gasteiger partial charge >= 0.3 is 0 Å². The Morgan fingerprint density at radius 3 is 2.44 bits per heavy atom. The summed E-state index contributed by atoms with van der Waals surface area (Å²) in [7, 11) is 0. The van der Waals surface area contributed by atoms with E-state index >= 15 is 0 Å². The number of para-hydroxylation sites is 2. The number of hydrogen-bond donors (Lipinski definition) is 2. The summed E-state index contributed by atoms with van der Waals surface area (Å²) in [4.78, 5) is 42.2. The van der Waals surface area contributed by atoms with Crippen LogP contribution in [0, 0.1) is 0 Å². The van der Waals surface area contributed by atoms with E-state index in [0.717, 1.165) is 24.1 Å². The van der Waals surface area contributed by atoms with Crippen LogP contribution in [-0.2, 0) is 9.59 Å². The van der Waals surface area contributed by atoms with Gasteiger partial charge in [0, 0.05) is 43.0 Å². The zero-order chi connectivity index (χ0) is 27.6. The van der Waals surface area contributed by atoms with E-state index in [-0.39, 0.29) is 36.9 Å².